The Hall–Kier alpha value is -0.820. The maximum Gasteiger partial charge on any atom is 0.0580 e. The van der Waals surface area contributed by atoms with Crippen LogP contribution >= 0.6 is 0 Å². The van der Waals surface area contributed by atoms with Gasteiger partial charge in [0.15, 0.2) is 0 Å². The average molecular weight is 178 g/mol. The standard InChI is InChI=1S/C12H18O/c1-2-3-9-12(13)10-11-7-5-4-6-8-11/h4-8,12-13H,2-3,9-10H2,1H3/t12-/m1/s1. The summed E-state index contributed by atoms with van der Waals surface area (Å²) < 4.78 is 0. The molecule has 1 rings (SSSR count). The quantitative estimate of drug-likeness (QED) is 0.735. The molecule has 0 unspecified atom stereocenters. The van der Waals surface area contributed by atoms with Crippen molar-refractivity contribution in [2.24, 2.45) is 0 Å². The van der Waals surface area contributed by atoms with Gasteiger partial charge in [0.2, 0.25) is 0 Å². The maximum atomic E-state index is 9.63. The van der Waals surface area contributed by atoms with Gasteiger partial charge in [0, 0.05) is 0 Å². The second-order valence-electron chi connectivity index (χ2n) is 3.49. The van der Waals surface area contributed by atoms with Crippen molar-refractivity contribution in [3.63, 3.8) is 0 Å². The van der Waals surface area contributed by atoms with E-state index in [1.807, 2.05) is 18.2 Å². The zero-order chi connectivity index (χ0) is 9.52. The summed E-state index contributed by atoms with van der Waals surface area (Å²) in [5.74, 6) is 0. The molecule has 0 aliphatic heterocycles. The lowest BCUT2D eigenvalue weighted by Gasteiger charge is -2.09. The number of hydrogen-bond acceptors (Lipinski definition) is 1. The van der Waals surface area contributed by atoms with E-state index in [0.717, 1.165) is 25.7 Å². The molecule has 0 bridgehead atoms. The van der Waals surface area contributed by atoms with E-state index in [9.17, 15) is 5.11 Å². The molecule has 0 aliphatic carbocycles. The minimum atomic E-state index is -0.164. The highest BCUT2D eigenvalue weighted by Gasteiger charge is 2.03. The third kappa shape index (κ3) is 4.09. The highest BCUT2D eigenvalue weighted by molar-refractivity contribution is 5.15. The van der Waals surface area contributed by atoms with E-state index in [4.69, 9.17) is 0 Å². The van der Waals surface area contributed by atoms with E-state index < -0.39 is 0 Å². The van der Waals surface area contributed by atoms with Gasteiger partial charge < -0.3 is 5.11 Å². The molecule has 1 nitrogen and oxygen atoms in total. The van der Waals surface area contributed by atoms with E-state index >= 15 is 0 Å². The van der Waals surface area contributed by atoms with Gasteiger partial charge in [0.1, 0.15) is 0 Å². The first-order valence-corrected chi connectivity index (χ1v) is 5.05. The van der Waals surface area contributed by atoms with Crippen molar-refractivity contribution in [2.45, 2.75) is 38.7 Å². The van der Waals surface area contributed by atoms with Crippen LogP contribution in [0.2, 0.25) is 0 Å². The van der Waals surface area contributed by atoms with E-state index in [-0.39, 0.29) is 6.10 Å². The normalized spacial score (nSPS) is 12.8. The Bertz CT molecular complexity index is 218. The summed E-state index contributed by atoms with van der Waals surface area (Å²) in [5, 5.41) is 9.63. The molecule has 1 heteroatoms. The van der Waals surface area contributed by atoms with Crippen LogP contribution in [0.15, 0.2) is 30.3 Å². The smallest absolute Gasteiger partial charge is 0.0580 e. The molecule has 1 aromatic carbocycles. The molecule has 13 heavy (non-hydrogen) atoms. The lowest BCUT2D eigenvalue weighted by atomic mass is 10.0. The van der Waals surface area contributed by atoms with Crippen LogP contribution in [0.1, 0.15) is 31.7 Å². The van der Waals surface area contributed by atoms with E-state index in [2.05, 4.69) is 19.1 Å². The summed E-state index contributed by atoms with van der Waals surface area (Å²) in [6.07, 6.45) is 3.83. The summed E-state index contributed by atoms with van der Waals surface area (Å²) in [6.45, 7) is 2.15. The first-order chi connectivity index (χ1) is 6.33. The fraction of sp³-hybridized carbons (Fsp3) is 0.500. The zero-order valence-electron chi connectivity index (χ0n) is 8.24. The van der Waals surface area contributed by atoms with Gasteiger partial charge in [-0.15, -0.1) is 0 Å². The van der Waals surface area contributed by atoms with Crippen molar-refractivity contribution >= 4 is 0 Å². The van der Waals surface area contributed by atoms with Gasteiger partial charge in [-0.3, -0.25) is 0 Å². The molecule has 0 saturated heterocycles. The minimum absolute atomic E-state index is 0.164. The van der Waals surface area contributed by atoms with Crippen LogP contribution < -0.4 is 0 Å². The molecule has 72 valence electrons. The Labute approximate surface area is 80.4 Å². The molecule has 0 saturated carbocycles. The van der Waals surface area contributed by atoms with Crippen molar-refractivity contribution in [1.29, 1.82) is 0 Å². The molecule has 1 atom stereocenters. The SMILES string of the molecule is CCCC[C@@H](O)Cc1ccccc1. The maximum absolute atomic E-state index is 9.63. The zero-order valence-corrected chi connectivity index (χ0v) is 8.24. The molecule has 0 aliphatic rings. The number of unbranched alkanes of at least 4 members (excludes halogenated alkanes) is 1. The number of rotatable bonds is 5. The Kier molecular flexibility index (Phi) is 4.55. The second kappa shape index (κ2) is 5.76. The van der Waals surface area contributed by atoms with Crippen LogP contribution in [0, 0.1) is 0 Å². The summed E-state index contributed by atoms with van der Waals surface area (Å²) in [5.41, 5.74) is 1.23. The van der Waals surface area contributed by atoms with Crippen molar-refractivity contribution < 1.29 is 5.11 Å². The van der Waals surface area contributed by atoms with Gasteiger partial charge >= 0.3 is 0 Å². The fourth-order valence-corrected chi connectivity index (χ4v) is 1.43. The number of hydrogen-bond donors (Lipinski definition) is 1. The summed E-state index contributed by atoms with van der Waals surface area (Å²) >= 11 is 0. The molecular formula is C12H18O. The first kappa shape index (κ1) is 10.3. The van der Waals surface area contributed by atoms with Crippen molar-refractivity contribution in [1.82, 2.24) is 0 Å². The Morgan fingerprint density at radius 1 is 1.23 bits per heavy atom. The van der Waals surface area contributed by atoms with Gasteiger partial charge in [-0.05, 0) is 18.4 Å². The summed E-state index contributed by atoms with van der Waals surface area (Å²) in [7, 11) is 0. The van der Waals surface area contributed by atoms with Crippen LogP contribution in [0.4, 0.5) is 0 Å². The molecule has 1 aromatic rings. The molecule has 0 spiro atoms. The lowest BCUT2D eigenvalue weighted by Crippen LogP contribution is -2.09. The predicted octanol–water partition coefficient (Wildman–Crippen LogP) is 2.78. The highest BCUT2D eigenvalue weighted by Crippen LogP contribution is 2.08. The lowest BCUT2D eigenvalue weighted by molar-refractivity contribution is 0.162. The van der Waals surface area contributed by atoms with E-state index in [1.54, 1.807) is 0 Å². The van der Waals surface area contributed by atoms with Crippen LogP contribution in [-0.4, -0.2) is 11.2 Å². The molecule has 0 aromatic heterocycles. The summed E-state index contributed by atoms with van der Waals surface area (Å²) in [4.78, 5) is 0. The van der Waals surface area contributed by atoms with Crippen LogP contribution in [-0.2, 0) is 6.42 Å². The monoisotopic (exact) mass is 178 g/mol. The van der Waals surface area contributed by atoms with Crippen LogP contribution in [0.5, 0.6) is 0 Å². The molecule has 0 fully saturated rings. The highest BCUT2D eigenvalue weighted by atomic mass is 16.3. The van der Waals surface area contributed by atoms with Crippen LogP contribution in [0.3, 0.4) is 0 Å². The Balaban J connectivity index is 2.32. The Morgan fingerprint density at radius 2 is 1.92 bits per heavy atom. The number of aliphatic hydroxyl groups is 1. The van der Waals surface area contributed by atoms with Gasteiger partial charge in [-0.1, -0.05) is 50.1 Å². The topological polar surface area (TPSA) is 20.2 Å². The Morgan fingerprint density at radius 3 is 2.54 bits per heavy atom. The van der Waals surface area contributed by atoms with Gasteiger partial charge in [-0.2, -0.15) is 0 Å². The molecule has 0 heterocycles. The largest absolute Gasteiger partial charge is 0.393 e. The van der Waals surface area contributed by atoms with Crippen LogP contribution in [0.25, 0.3) is 0 Å². The summed E-state index contributed by atoms with van der Waals surface area (Å²) in [6, 6.07) is 10.2. The third-order valence-electron chi connectivity index (χ3n) is 2.21. The molecule has 0 radical (unpaired) electrons. The van der Waals surface area contributed by atoms with E-state index in [0.29, 0.717) is 0 Å². The third-order valence-corrected chi connectivity index (χ3v) is 2.21. The van der Waals surface area contributed by atoms with Crippen molar-refractivity contribution in [3.05, 3.63) is 35.9 Å². The second-order valence-corrected chi connectivity index (χ2v) is 3.49. The molecular weight excluding hydrogens is 160 g/mol. The molecule has 0 amide bonds. The first-order valence-electron chi connectivity index (χ1n) is 5.05. The van der Waals surface area contributed by atoms with Crippen molar-refractivity contribution in [2.75, 3.05) is 0 Å². The minimum Gasteiger partial charge on any atom is -0.393 e. The molecule has 1 N–H and O–H groups in total. The van der Waals surface area contributed by atoms with E-state index in [1.165, 1.54) is 5.56 Å². The number of benzene rings is 1. The number of aliphatic hydroxyl groups excluding tert-OH is 1. The average Bonchev–Trinajstić information content (AvgIpc) is 2.16. The fourth-order valence-electron chi connectivity index (χ4n) is 1.43. The van der Waals surface area contributed by atoms with Crippen molar-refractivity contribution in [3.8, 4) is 0 Å². The predicted molar refractivity (Wildman–Crippen MR) is 55.7 cm³/mol. The van der Waals surface area contributed by atoms with Gasteiger partial charge in [0.25, 0.3) is 0 Å². The van der Waals surface area contributed by atoms with Gasteiger partial charge in [-0.25, -0.2) is 0 Å². The van der Waals surface area contributed by atoms with Gasteiger partial charge in [0.05, 0.1) is 6.10 Å².